The summed E-state index contributed by atoms with van der Waals surface area (Å²) < 4.78 is 39.2. The highest BCUT2D eigenvalue weighted by atomic mass is 16.7. The van der Waals surface area contributed by atoms with Crippen molar-refractivity contribution in [2.75, 3.05) is 6.61 Å². The number of nitrogens with one attached hydrogen (secondary N) is 2. The van der Waals surface area contributed by atoms with Crippen molar-refractivity contribution < 1.29 is 57.1 Å². The second-order valence-corrected chi connectivity index (χ2v) is 10.7. The first-order chi connectivity index (χ1) is 24.0. The Balaban J connectivity index is 1.76. The molecule has 17 heteroatoms. The molecule has 2 N–H and O–H groups in total. The molecular formula is C33H35N3O14. The van der Waals surface area contributed by atoms with Crippen LogP contribution in [0.3, 0.4) is 0 Å². The fraction of sp³-hybridized carbons (Fsp3) is 0.364. The van der Waals surface area contributed by atoms with Crippen molar-refractivity contribution in [3.05, 3.63) is 105 Å². The number of nitrogens with zero attached hydrogens (tertiary/aromatic N) is 1. The van der Waals surface area contributed by atoms with Gasteiger partial charge in [-0.2, -0.15) is 0 Å². The van der Waals surface area contributed by atoms with Crippen LogP contribution < -0.4 is 16.6 Å². The number of alkyl carbamates (subject to hydrolysis) is 1. The zero-order valence-corrected chi connectivity index (χ0v) is 27.2. The van der Waals surface area contributed by atoms with E-state index in [0.29, 0.717) is 11.1 Å². The van der Waals surface area contributed by atoms with Crippen LogP contribution in [0.5, 0.6) is 0 Å². The van der Waals surface area contributed by atoms with Gasteiger partial charge in [-0.05, 0) is 18.1 Å². The second-order valence-electron chi connectivity index (χ2n) is 10.7. The summed E-state index contributed by atoms with van der Waals surface area (Å²) in [6, 6.07) is 16.1. The third kappa shape index (κ3) is 10.0. The predicted octanol–water partition coefficient (Wildman–Crippen LogP) is 1.88. The Labute approximate surface area is 284 Å². The quantitative estimate of drug-likeness (QED) is 0.193. The predicted molar refractivity (Wildman–Crippen MR) is 168 cm³/mol. The highest BCUT2D eigenvalue weighted by Gasteiger charge is 2.57. The van der Waals surface area contributed by atoms with Crippen molar-refractivity contribution in [3.8, 4) is 0 Å². The summed E-state index contributed by atoms with van der Waals surface area (Å²) in [7, 11) is 0. The maximum absolute atomic E-state index is 13.5. The van der Waals surface area contributed by atoms with E-state index in [2.05, 4.69) is 5.32 Å². The van der Waals surface area contributed by atoms with Gasteiger partial charge in [-0.3, -0.25) is 23.9 Å². The normalized spacial score (nSPS) is 19.3. The van der Waals surface area contributed by atoms with Gasteiger partial charge >= 0.3 is 35.8 Å². The van der Waals surface area contributed by atoms with Gasteiger partial charge in [0.25, 0.3) is 5.56 Å². The van der Waals surface area contributed by atoms with E-state index in [1.807, 2.05) is 4.98 Å². The molecule has 0 bridgehead atoms. The zero-order chi connectivity index (χ0) is 36.2. The highest BCUT2D eigenvalue weighted by molar-refractivity contribution is 5.82. The van der Waals surface area contributed by atoms with E-state index in [9.17, 15) is 33.6 Å². The Hall–Kier alpha value is -5.97. The maximum Gasteiger partial charge on any atom is 0.509 e. The van der Waals surface area contributed by atoms with Gasteiger partial charge < -0.3 is 38.5 Å². The molecule has 0 saturated carbocycles. The molecule has 0 radical (unpaired) electrons. The Morgan fingerprint density at radius 2 is 1.40 bits per heavy atom. The van der Waals surface area contributed by atoms with E-state index in [4.69, 9.17) is 33.2 Å². The minimum Gasteiger partial charge on any atom is -0.464 e. The van der Waals surface area contributed by atoms with E-state index in [-0.39, 0.29) is 19.8 Å². The number of H-pyrrole nitrogens is 1. The lowest BCUT2D eigenvalue weighted by Crippen LogP contribution is -2.58. The number of hydrogen-bond donors (Lipinski definition) is 2. The topological polar surface area (TPSA) is 217 Å². The third-order valence-corrected chi connectivity index (χ3v) is 7.07. The first-order valence-electron chi connectivity index (χ1n) is 15.3. The zero-order valence-electron chi connectivity index (χ0n) is 27.2. The summed E-state index contributed by atoms with van der Waals surface area (Å²) in [5, 5.41) is 2.32. The van der Waals surface area contributed by atoms with Crippen molar-refractivity contribution in [1.29, 1.82) is 0 Å². The molecule has 1 aliphatic rings. The van der Waals surface area contributed by atoms with Crippen molar-refractivity contribution in [2.45, 2.75) is 70.7 Å². The molecule has 50 heavy (non-hydrogen) atoms. The Morgan fingerprint density at radius 3 is 1.96 bits per heavy atom. The molecule has 0 aliphatic carbocycles. The molecular weight excluding hydrogens is 662 g/mol. The van der Waals surface area contributed by atoms with Crippen LogP contribution in [0.15, 0.2) is 82.5 Å². The van der Waals surface area contributed by atoms with Crippen molar-refractivity contribution in [1.82, 2.24) is 14.9 Å². The summed E-state index contributed by atoms with van der Waals surface area (Å²) in [4.78, 5) is 91.1. The van der Waals surface area contributed by atoms with E-state index in [1.54, 1.807) is 60.7 Å². The molecule has 2 aromatic carbocycles. The van der Waals surface area contributed by atoms with Crippen LogP contribution in [0.2, 0.25) is 0 Å². The molecule has 3 aromatic rings. The monoisotopic (exact) mass is 697 g/mol. The van der Waals surface area contributed by atoms with Gasteiger partial charge in [-0.1, -0.05) is 60.7 Å². The Bertz CT molecular complexity index is 1760. The van der Waals surface area contributed by atoms with Gasteiger partial charge in [0.15, 0.2) is 30.6 Å². The summed E-state index contributed by atoms with van der Waals surface area (Å²) in [6.45, 7) is 2.86. The average Bonchev–Trinajstić information content (AvgIpc) is 3.40. The average molecular weight is 698 g/mol. The van der Waals surface area contributed by atoms with Gasteiger partial charge in [0, 0.05) is 26.1 Å². The minimum atomic E-state index is -1.95. The molecule has 1 aromatic heterocycles. The van der Waals surface area contributed by atoms with E-state index >= 15 is 0 Å². The number of ether oxygens (including phenoxy) is 7. The lowest BCUT2D eigenvalue weighted by Gasteiger charge is -2.32. The van der Waals surface area contributed by atoms with Crippen molar-refractivity contribution in [2.24, 2.45) is 0 Å². The molecule has 1 amide bonds. The number of benzene rings is 2. The molecule has 0 unspecified atom stereocenters. The molecule has 266 valence electrons. The molecule has 1 saturated heterocycles. The van der Waals surface area contributed by atoms with E-state index in [1.165, 1.54) is 6.92 Å². The SMILES string of the molecule is CCOC(=O)[C@H](NC(=O)OCc1ccccc1)[C@@H](OC(=O)OCc1ccccc1)[C@H]1O[C@@H](n2ccc(=O)[nH]c2=O)[C@H](OC(C)=O)[C@@H]1OC(C)=O. The molecule has 6 atom stereocenters. The molecule has 0 spiro atoms. The van der Waals surface area contributed by atoms with Gasteiger partial charge in [0.05, 0.1) is 6.61 Å². The summed E-state index contributed by atoms with van der Waals surface area (Å²) in [6.07, 6.45) is -10.1. The highest BCUT2D eigenvalue weighted by Crippen LogP contribution is 2.37. The van der Waals surface area contributed by atoms with Crippen LogP contribution in [0.25, 0.3) is 0 Å². The number of amides is 1. The van der Waals surface area contributed by atoms with Crippen LogP contribution in [-0.4, -0.2) is 76.8 Å². The second kappa shape index (κ2) is 17.4. The number of hydrogen-bond acceptors (Lipinski definition) is 14. The third-order valence-electron chi connectivity index (χ3n) is 7.07. The fourth-order valence-corrected chi connectivity index (χ4v) is 5.01. The van der Waals surface area contributed by atoms with Gasteiger partial charge in [0.1, 0.15) is 19.3 Å². The summed E-state index contributed by atoms with van der Waals surface area (Å²) >= 11 is 0. The van der Waals surface area contributed by atoms with Crippen LogP contribution in [0, 0.1) is 0 Å². The number of carbonyl (C=O) groups excluding carboxylic acids is 5. The number of carbonyl (C=O) groups is 5. The minimum absolute atomic E-state index is 0.189. The van der Waals surface area contributed by atoms with Crippen LogP contribution >= 0.6 is 0 Å². The number of aromatic nitrogens is 2. The smallest absolute Gasteiger partial charge is 0.464 e. The van der Waals surface area contributed by atoms with Gasteiger partial charge in [0.2, 0.25) is 0 Å². The summed E-state index contributed by atoms with van der Waals surface area (Å²) in [5.41, 5.74) is -0.580. The fourth-order valence-electron chi connectivity index (χ4n) is 5.01. The lowest BCUT2D eigenvalue weighted by atomic mass is 9.98. The standard InChI is InChI=1S/C33H35N3O14/c1-4-44-30(40)24(35-32(42)45-17-21-11-7-5-8-12-21)25(50-33(43)46-18-22-13-9-6-10-14-22)26-27(47-19(2)37)28(48-20(3)38)29(49-26)36-16-15-23(39)34-31(36)41/h5-16,24-29H,4,17-18H2,1-3H3,(H,35,42)(H,34,39,41)/t24-,25-,26-,27-,28-,29-/m1/s1. The number of aromatic amines is 1. The van der Waals surface area contributed by atoms with Crippen molar-refractivity contribution >= 4 is 30.2 Å². The molecule has 2 heterocycles. The molecule has 4 rings (SSSR count). The van der Waals surface area contributed by atoms with Gasteiger partial charge in [-0.25, -0.2) is 19.2 Å². The first kappa shape index (κ1) is 36.9. The first-order valence-corrected chi connectivity index (χ1v) is 15.3. The Kier molecular flexibility index (Phi) is 12.9. The number of rotatable bonds is 13. The van der Waals surface area contributed by atoms with E-state index in [0.717, 1.165) is 30.7 Å². The van der Waals surface area contributed by atoms with Crippen LogP contribution in [-0.2, 0) is 60.8 Å². The Morgan fingerprint density at radius 1 is 0.820 bits per heavy atom. The van der Waals surface area contributed by atoms with Gasteiger partial charge in [-0.15, -0.1) is 0 Å². The maximum atomic E-state index is 13.5. The van der Waals surface area contributed by atoms with E-state index < -0.39 is 78.1 Å². The molecule has 17 nitrogen and oxygen atoms in total. The molecule has 1 fully saturated rings. The molecule has 1 aliphatic heterocycles. The lowest BCUT2D eigenvalue weighted by molar-refractivity contribution is -0.168. The van der Waals surface area contributed by atoms with Crippen LogP contribution in [0.1, 0.15) is 38.1 Å². The van der Waals surface area contributed by atoms with Crippen molar-refractivity contribution in [3.63, 3.8) is 0 Å². The van der Waals surface area contributed by atoms with Crippen LogP contribution in [0.4, 0.5) is 9.59 Å². The largest absolute Gasteiger partial charge is 0.509 e. The summed E-state index contributed by atoms with van der Waals surface area (Å²) in [5.74, 6) is -2.96. The number of esters is 3.